The molecule has 6 nitrogen and oxygen atoms in total. The quantitative estimate of drug-likeness (QED) is 0.545. The number of fused-ring (bicyclic) bond motifs is 1. The summed E-state index contributed by atoms with van der Waals surface area (Å²) in [4.78, 5) is 15.2. The predicted molar refractivity (Wildman–Crippen MR) is 125 cm³/mol. The lowest BCUT2D eigenvalue weighted by molar-refractivity contribution is -0.135. The van der Waals surface area contributed by atoms with Crippen LogP contribution < -0.4 is 14.2 Å². The van der Waals surface area contributed by atoms with Gasteiger partial charge >= 0.3 is 0 Å². The van der Waals surface area contributed by atoms with E-state index in [2.05, 4.69) is 6.07 Å². The molecule has 33 heavy (non-hydrogen) atoms. The van der Waals surface area contributed by atoms with E-state index >= 15 is 0 Å². The predicted octanol–water partition coefficient (Wildman–Crippen LogP) is 4.32. The molecule has 1 unspecified atom stereocenters. The Morgan fingerprint density at radius 2 is 1.73 bits per heavy atom. The number of hydrogen-bond acceptors (Lipinski definition) is 5. The van der Waals surface area contributed by atoms with Crippen LogP contribution in [0.3, 0.4) is 0 Å². The number of carbonyl (C=O) groups excluding carboxylic acids is 1. The summed E-state index contributed by atoms with van der Waals surface area (Å²) in [5, 5.41) is 8.81. The van der Waals surface area contributed by atoms with E-state index in [1.54, 1.807) is 26.4 Å². The second kappa shape index (κ2) is 10.1. The maximum atomic E-state index is 13.3. The Morgan fingerprint density at radius 1 is 1.03 bits per heavy atom. The third kappa shape index (κ3) is 4.78. The van der Waals surface area contributed by atoms with E-state index in [4.69, 9.17) is 19.5 Å². The molecule has 0 spiro atoms. The summed E-state index contributed by atoms with van der Waals surface area (Å²) in [5.41, 5.74) is 4.11. The van der Waals surface area contributed by atoms with Crippen LogP contribution in [-0.2, 0) is 17.6 Å². The Morgan fingerprint density at radius 3 is 2.39 bits per heavy atom. The molecular weight excluding hydrogens is 416 g/mol. The molecule has 4 rings (SSSR count). The first-order valence-electron chi connectivity index (χ1n) is 10.8. The standard InChI is InChI=1S/C27H26N2O4/c1-31-24-16-21-13-15-29(26(30)18-33-22-10-8-19(9-11-22)12-14-28)27(20-6-4-3-5-7-20)23(21)17-25(24)32-2/h3-11,16-17,27H,12-13,15,18H2,1-2H3. The van der Waals surface area contributed by atoms with Gasteiger partial charge < -0.3 is 19.1 Å². The summed E-state index contributed by atoms with van der Waals surface area (Å²) in [5.74, 6) is 1.83. The number of nitrogens with zero attached hydrogens (tertiary/aromatic N) is 2. The number of benzene rings is 3. The minimum absolute atomic E-state index is 0.0659. The van der Waals surface area contributed by atoms with Crippen molar-refractivity contribution in [3.05, 3.63) is 89.0 Å². The molecule has 0 bridgehead atoms. The van der Waals surface area contributed by atoms with E-state index in [9.17, 15) is 4.79 Å². The molecule has 1 amide bonds. The Bertz CT molecular complexity index is 1150. The van der Waals surface area contributed by atoms with E-state index in [0.29, 0.717) is 36.6 Å². The molecule has 3 aromatic rings. The second-order valence-corrected chi connectivity index (χ2v) is 7.82. The highest BCUT2D eigenvalue weighted by Gasteiger charge is 2.33. The van der Waals surface area contributed by atoms with Gasteiger partial charge in [-0.2, -0.15) is 5.26 Å². The van der Waals surface area contributed by atoms with Crippen LogP contribution in [0.2, 0.25) is 0 Å². The summed E-state index contributed by atoms with van der Waals surface area (Å²) in [6.45, 7) is 0.509. The van der Waals surface area contributed by atoms with Gasteiger partial charge in [-0.3, -0.25) is 4.79 Å². The molecule has 6 heteroatoms. The maximum absolute atomic E-state index is 13.3. The van der Waals surface area contributed by atoms with Crippen LogP contribution in [0.5, 0.6) is 17.2 Å². The van der Waals surface area contributed by atoms with Crippen molar-refractivity contribution in [2.75, 3.05) is 27.4 Å². The lowest BCUT2D eigenvalue weighted by Crippen LogP contribution is -2.43. The summed E-state index contributed by atoms with van der Waals surface area (Å²) >= 11 is 0. The molecule has 1 aliphatic rings. The second-order valence-electron chi connectivity index (χ2n) is 7.82. The summed E-state index contributed by atoms with van der Waals surface area (Å²) < 4.78 is 16.8. The molecular formula is C27H26N2O4. The van der Waals surface area contributed by atoms with Crippen LogP contribution in [0.15, 0.2) is 66.7 Å². The number of rotatable bonds is 7. The normalized spacial score (nSPS) is 14.7. The van der Waals surface area contributed by atoms with Crippen LogP contribution in [0, 0.1) is 11.3 Å². The molecule has 0 aliphatic carbocycles. The average molecular weight is 443 g/mol. The van der Waals surface area contributed by atoms with E-state index in [-0.39, 0.29) is 18.6 Å². The molecule has 1 heterocycles. The highest BCUT2D eigenvalue weighted by molar-refractivity contribution is 5.79. The minimum atomic E-state index is -0.246. The monoisotopic (exact) mass is 442 g/mol. The van der Waals surface area contributed by atoms with E-state index in [0.717, 1.165) is 22.3 Å². The smallest absolute Gasteiger partial charge is 0.261 e. The van der Waals surface area contributed by atoms with Gasteiger partial charge in [-0.1, -0.05) is 42.5 Å². The van der Waals surface area contributed by atoms with Crippen LogP contribution in [-0.4, -0.2) is 38.2 Å². The molecule has 0 radical (unpaired) electrons. The van der Waals surface area contributed by atoms with Crippen molar-refractivity contribution in [1.82, 2.24) is 4.90 Å². The maximum Gasteiger partial charge on any atom is 0.261 e. The Balaban J connectivity index is 1.60. The first-order valence-corrected chi connectivity index (χ1v) is 10.8. The van der Waals surface area contributed by atoms with Crippen molar-refractivity contribution < 1.29 is 19.0 Å². The lowest BCUT2D eigenvalue weighted by atomic mass is 9.87. The topological polar surface area (TPSA) is 71.8 Å². The van der Waals surface area contributed by atoms with Crippen LogP contribution >= 0.6 is 0 Å². The summed E-state index contributed by atoms with van der Waals surface area (Å²) in [7, 11) is 3.24. The lowest BCUT2D eigenvalue weighted by Gasteiger charge is -2.38. The van der Waals surface area contributed by atoms with Crippen molar-refractivity contribution in [3.8, 4) is 23.3 Å². The fraction of sp³-hybridized carbons (Fsp3) is 0.259. The third-order valence-electron chi connectivity index (χ3n) is 5.88. The Hall–Kier alpha value is -3.98. The highest BCUT2D eigenvalue weighted by atomic mass is 16.5. The minimum Gasteiger partial charge on any atom is -0.493 e. The fourth-order valence-electron chi connectivity index (χ4n) is 4.23. The zero-order chi connectivity index (χ0) is 23.2. The molecule has 0 aromatic heterocycles. The van der Waals surface area contributed by atoms with Gasteiger partial charge in [-0.05, 0) is 52.9 Å². The van der Waals surface area contributed by atoms with Crippen LogP contribution in [0.25, 0.3) is 0 Å². The molecule has 168 valence electrons. The van der Waals surface area contributed by atoms with Crippen LogP contribution in [0.4, 0.5) is 0 Å². The molecule has 1 aliphatic heterocycles. The van der Waals surface area contributed by atoms with E-state index in [1.807, 2.05) is 59.5 Å². The van der Waals surface area contributed by atoms with Gasteiger partial charge in [0.15, 0.2) is 18.1 Å². The molecule has 3 aromatic carbocycles. The van der Waals surface area contributed by atoms with Crippen molar-refractivity contribution in [2.24, 2.45) is 0 Å². The first-order chi connectivity index (χ1) is 16.1. The van der Waals surface area contributed by atoms with Gasteiger partial charge in [0.05, 0.1) is 32.8 Å². The number of hydrogen-bond donors (Lipinski definition) is 0. The van der Waals surface area contributed by atoms with Crippen molar-refractivity contribution in [2.45, 2.75) is 18.9 Å². The molecule has 0 saturated carbocycles. The summed E-state index contributed by atoms with van der Waals surface area (Å²) in [6.07, 6.45) is 1.06. The number of nitriles is 1. The number of methoxy groups -OCH3 is 2. The van der Waals surface area contributed by atoms with Gasteiger partial charge in [0, 0.05) is 6.54 Å². The average Bonchev–Trinajstić information content (AvgIpc) is 2.87. The Kier molecular flexibility index (Phi) is 6.80. The van der Waals surface area contributed by atoms with Gasteiger partial charge in [-0.25, -0.2) is 0 Å². The van der Waals surface area contributed by atoms with Gasteiger partial charge in [0.2, 0.25) is 0 Å². The van der Waals surface area contributed by atoms with Gasteiger partial charge in [-0.15, -0.1) is 0 Å². The van der Waals surface area contributed by atoms with Gasteiger partial charge in [0.25, 0.3) is 5.91 Å². The molecule has 1 atom stereocenters. The van der Waals surface area contributed by atoms with Crippen molar-refractivity contribution >= 4 is 5.91 Å². The zero-order valence-corrected chi connectivity index (χ0v) is 18.8. The van der Waals surface area contributed by atoms with Crippen molar-refractivity contribution in [3.63, 3.8) is 0 Å². The number of carbonyl (C=O) groups is 1. The summed E-state index contributed by atoms with van der Waals surface area (Å²) in [6, 6.07) is 23.1. The van der Waals surface area contributed by atoms with E-state index < -0.39 is 0 Å². The highest BCUT2D eigenvalue weighted by Crippen LogP contribution is 2.41. The molecule has 0 saturated heterocycles. The first kappa shape index (κ1) is 22.2. The third-order valence-corrected chi connectivity index (χ3v) is 5.88. The Labute approximate surface area is 193 Å². The van der Waals surface area contributed by atoms with E-state index in [1.165, 1.54) is 0 Å². The van der Waals surface area contributed by atoms with Crippen molar-refractivity contribution in [1.29, 1.82) is 5.26 Å². The SMILES string of the molecule is COc1cc2c(cc1OC)C(c1ccccc1)N(C(=O)COc1ccc(CC#N)cc1)CC2. The molecule has 0 N–H and O–H groups in total. The zero-order valence-electron chi connectivity index (χ0n) is 18.8. The number of amides is 1. The fourth-order valence-corrected chi connectivity index (χ4v) is 4.23. The van der Waals surface area contributed by atoms with Crippen LogP contribution in [0.1, 0.15) is 28.3 Å². The number of ether oxygens (including phenoxy) is 3. The van der Waals surface area contributed by atoms with Gasteiger partial charge in [0.1, 0.15) is 5.75 Å². The largest absolute Gasteiger partial charge is 0.493 e. The molecule has 0 fully saturated rings.